The number of nitrogens with two attached hydrogens (primary N) is 1. The van der Waals surface area contributed by atoms with Crippen molar-refractivity contribution in [2.24, 2.45) is 5.92 Å². The van der Waals surface area contributed by atoms with E-state index < -0.39 is 0 Å². The van der Waals surface area contributed by atoms with Crippen LogP contribution in [0.3, 0.4) is 0 Å². The van der Waals surface area contributed by atoms with E-state index in [2.05, 4.69) is 28.4 Å². The summed E-state index contributed by atoms with van der Waals surface area (Å²) in [4.78, 5) is 14.3. The van der Waals surface area contributed by atoms with Crippen LogP contribution >= 0.6 is 0 Å². The molecule has 0 amide bonds. The Labute approximate surface area is 183 Å². The van der Waals surface area contributed by atoms with Gasteiger partial charge >= 0.3 is 5.97 Å². The molecule has 1 fully saturated rings. The average Bonchev–Trinajstić information content (AvgIpc) is 3.31. The number of ether oxygens (including phenoxy) is 1. The van der Waals surface area contributed by atoms with Gasteiger partial charge in [0.1, 0.15) is 0 Å². The Kier molecular flexibility index (Phi) is 6.57. The highest BCUT2D eigenvalue weighted by Gasteiger charge is 2.25. The summed E-state index contributed by atoms with van der Waals surface area (Å²) in [5.41, 5.74) is 12.1. The lowest BCUT2D eigenvalue weighted by Crippen LogP contribution is -2.36. The molecule has 1 aliphatic rings. The standard InChI is InChI=1S/C25H29N3O3/c1-2-31-25(29)19-8-11-28(12-9-19)16-18-4-3-5-22(14-18)27-24-7-6-20(15-23(24)26)21-10-13-30-17-21/h3-7,10,13-15,17,19,27H,2,8-9,11-12,16,26H2,1H3. The molecule has 0 radical (unpaired) electrons. The number of furan rings is 1. The van der Waals surface area contributed by atoms with Gasteiger partial charge in [-0.15, -0.1) is 0 Å². The second-order valence-electron chi connectivity index (χ2n) is 7.94. The number of benzene rings is 2. The monoisotopic (exact) mass is 419 g/mol. The van der Waals surface area contributed by atoms with Gasteiger partial charge in [-0.2, -0.15) is 0 Å². The fourth-order valence-electron chi connectivity index (χ4n) is 4.03. The van der Waals surface area contributed by atoms with Crippen LogP contribution in [0.4, 0.5) is 17.1 Å². The maximum absolute atomic E-state index is 11.9. The summed E-state index contributed by atoms with van der Waals surface area (Å²) in [7, 11) is 0. The van der Waals surface area contributed by atoms with E-state index in [1.54, 1.807) is 12.5 Å². The predicted molar refractivity (Wildman–Crippen MR) is 123 cm³/mol. The molecule has 2 heterocycles. The van der Waals surface area contributed by atoms with Crippen molar-refractivity contribution in [1.82, 2.24) is 4.90 Å². The molecule has 2 aromatic carbocycles. The number of rotatable bonds is 7. The van der Waals surface area contributed by atoms with Gasteiger partial charge in [0.25, 0.3) is 0 Å². The zero-order valence-electron chi connectivity index (χ0n) is 17.8. The van der Waals surface area contributed by atoms with Crippen molar-refractivity contribution < 1.29 is 13.9 Å². The third-order valence-electron chi connectivity index (χ3n) is 5.73. The van der Waals surface area contributed by atoms with Crippen LogP contribution in [0.25, 0.3) is 11.1 Å². The van der Waals surface area contributed by atoms with Gasteiger partial charge in [-0.3, -0.25) is 9.69 Å². The van der Waals surface area contributed by atoms with E-state index >= 15 is 0 Å². The Hall–Kier alpha value is -3.25. The largest absolute Gasteiger partial charge is 0.472 e. The maximum Gasteiger partial charge on any atom is 0.309 e. The van der Waals surface area contributed by atoms with Crippen molar-refractivity contribution in [2.45, 2.75) is 26.3 Å². The number of anilines is 3. The normalized spacial score (nSPS) is 15.0. The van der Waals surface area contributed by atoms with Crippen LogP contribution in [-0.4, -0.2) is 30.6 Å². The number of nitrogens with one attached hydrogen (secondary N) is 1. The van der Waals surface area contributed by atoms with Crippen LogP contribution < -0.4 is 11.1 Å². The minimum absolute atomic E-state index is 0.0391. The molecule has 0 aliphatic carbocycles. The minimum Gasteiger partial charge on any atom is -0.472 e. The molecule has 6 nitrogen and oxygen atoms in total. The summed E-state index contributed by atoms with van der Waals surface area (Å²) in [6.07, 6.45) is 5.08. The molecule has 0 spiro atoms. The number of nitrogens with zero attached hydrogens (tertiary/aromatic N) is 1. The Bertz CT molecular complexity index is 1010. The number of nitrogen functional groups attached to an aromatic ring is 1. The summed E-state index contributed by atoms with van der Waals surface area (Å²) >= 11 is 0. The Morgan fingerprint density at radius 3 is 2.71 bits per heavy atom. The van der Waals surface area contributed by atoms with Crippen LogP contribution in [0, 0.1) is 5.92 Å². The van der Waals surface area contributed by atoms with Gasteiger partial charge in [0.15, 0.2) is 0 Å². The molecule has 0 saturated carbocycles. The average molecular weight is 420 g/mol. The zero-order chi connectivity index (χ0) is 21.6. The molecule has 1 aliphatic heterocycles. The number of piperidine rings is 1. The number of carbonyl (C=O) groups is 1. The molecule has 4 rings (SSSR count). The molecule has 31 heavy (non-hydrogen) atoms. The van der Waals surface area contributed by atoms with E-state index in [-0.39, 0.29) is 11.9 Å². The third kappa shape index (κ3) is 5.27. The second kappa shape index (κ2) is 9.71. The van der Waals surface area contributed by atoms with Crippen molar-refractivity contribution in [1.29, 1.82) is 0 Å². The van der Waals surface area contributed by atoms with E-state index in [9.17, 15) is 4.79 Å². The molecule has 0 bridgehead atoms. The highest BCUT2D eigenvalue weighted by molar-refractivity contribution is 5.78. The molecule has 162 valence electrons. The summed E-state index contributed by atoms with van der Waals surface area (Å²) in [6.45, 7) is 4.98. The zero-order valence-corrected chi connectivity index (χ0v) is 17.8. The van der Waals surface area contributed by atoms with Crippen LogP contribution in [0.15, 0.2) is 65.5 Å². The molecular formula is C25H29N3O3. The fraction of sp³-hybridized carbons (Fsp3) is 0.320. The van der Waals surface area contributed by atoms with Crippen molar-refractivity contribution >= 4 is 23.0 Å². The van der Waals surface area contributed by atoms with Crippen LogP contribution in [-0.2, 0) is 16.1 Å². The molecule has 3 aromatic rings. The van der Waals surface area contributed by atoms with Crippen LogP contribution in [0.2, 0.25) is 0 Å². The first-order valence-corrected chi connectivity index (χ1v) is 10.8. The first kappa shape index (κ1) is 21.0. The van der Waals surface area contributed by atoms with Gasteiger partial charge in [-0.25, -0.2) is 0 Å². The van der Waals surface area contributed by atoms with E-state index in [4.69, 9.17) is 14.9 Å². The van der Waals surface area contributed by atoms with Crippen molar-refractivity contribution in [3.8, 4) is 11.1 Å². The van der Waals surface area contributed by atoms with Gasteiger partial charge in [0.05, 0.1) is 36.4 Å². The van der Waals surface area contributed by atoms with Gasteiger partial charge < -0.3 is 20.2 Å². The van der Waals surface area contributed by atoms with Gasteiger partial charge in [-0.05, 0) is 74.3 Å². The Morgan fingerprint density at radius 2 is 2.00 bits per heavy atom. The molecule has 0 atom stereocenters. The van der Waals surface area contributed by atoms with Gasteiger partial charge in [0, 0.05) is 17.8 Å². The summed E-state index contributed by atoms with van der Waals surface area (Å²) in [5.74, 6) is -0.0121. The Balaban J connectivity index is 1.36. The molecule has 3 N–H and O–H groups in total. The highest BCUT2D eigenvalue weighted by atomic mass is 16.5. The minimum atomic E-state index is -0.0512. The fourth-order valence-corrected chi connectivity index (χ4v) is 4.03. The number of hydrogen-bond acceptors (Lipinski definition) is 6. The number of hydrogen-bond donors (Lipinski definition) is 2. The first-order chi connectivity index (χ1) is 15.1. The molecule has 1 aromatic heterocycles. The van der Waals surface area contributed by atoms with Crippen molar-refractivity contribution in [3.63, 3.8) is 0 Å². The SMILES string of the molecule is CCOC(=O)C1CCN(Cc2cccc(Nc3ccc(-c4ccoc4)cc3N)c2)CC1. The third-order valence-corrected chi connectivity index (χ3v) is 5.73. The molecule has 6 heteroatoms. The summed E-state index contributed by atoms with van der Waals surface area (Å²) in [6, 6.07) is 16.3. The van der Waals surface area contributed by atoms with E-state index in [0.29, 0.717) is 12.3 Å². The Morgan fingerprint density at radius 1 is 1.16 bits per heavy atom. The van der Waals surface area contributed by atoms with E-state index in [0.717, 1.165) is 55.0 Å². The van der Waals surface area contributed by atoms with Gasteiger partial charge in [-0.1, -0.05) is 18.2 Å². The highest BCUT2D eigenvalue weighted by Crippen LogP contribution is 2.30. The number of esters is 1. The smallest absolute Gasteiger partial charge is 0.309 e. The maximum atomic E-state index is 11.9. The predicted octanol–water partition coefficient (Wildman–Crippen LogP) is 5.05. The lowest BCUT2D eigenvalue weighted by Gasteiger charge is -2.30. The summed E-state index contributed by atoms with van der Waals surface area (Å²) in [5, 5.41) is 3.43. The van der Waals surface area contributed by atoms with Crippen LogP contribution in [0.5, 0.6) is 0 Å². The van der Waals surface area contributed by atoms with Gasteiger partial charge in [0.2, 0.25) is 0 Å². The first-order valence-electron chi connectivity index (χ1n) is 10.8. The number of likely N-dealkylation sites (tertiary alicyclic amines) is 1. The van der Waals surface area contributed by atoms with Crippen molar-refractivity contribution in [3.05, 3.63) is 66.6 Å². The topological polar surface area (TPSA) is 80.7 Å². The van der Waals surface area contributed by atoms with Crippen molar-refractivity contribution in [2.75, 3.05) is 30.7 Å². The number of carbonyl (C=O) groups excluding carboxylic acids is 1. The quantitative estimate of drug-likeness (QED) is 0.412. The van der Waals surface area contributed by atoms with Crippen LogP contribution in [0.1, 0.15) is 25.3 Å². The second-order valence-corrected chi connectivity index (χ2v) is 7.94. The summed E-state index contributed by atoms with van der Waals surface area (Å²) < 4.78 is 10.3. The van der Waals surface area contributed by atoms with E-state index in [1.165, 1.54) is 5.56 Å². The lowest BCUT2D eigenvalue weighted by atomic mass is 9.96. The van der Waals surface area contributed by atoms with E-state index in [1.807, 2.05) is 37.3 Å². The molecule has 0 unspecified atom stereocenters. The lowest BCUT2D eigenvalue weighted by molar-refractivity contribution is -0.149. The molecular weight excluding hydrogens is 390 g/mol. The molecule has 1 saturated heterocycles.